The van der Waals surface area contributed by atoms with Crippen LogP contribution >= 0.6 is 11.6 Å². The molecule has 1 saturated carbocycles. The van der Waals surface area contributed by atoms with Gasteiger partial charge in [0.05, 0.1) is 5.02 Å². The number of carbonyl (C=O) groups is 1. The quantitative estimate of drug-likeness (QED) is 0.543. The van der Waals surface area contributed by atoms with Gasteiger partial charge in [-0.15, -0.1) is 0 Å². The average molecular weight is 449 g/mol. The number of carbonyl (C=O) groups excluding carboxylic acids is 1. The summed E-state index contributed by atoms with van der Waals surface area (Å²) >= 11 is 6.16. The summed E-state index contributed by atoms with van der Waals surface area (Å²) in [6, 6.07) is 13.7. The number of hydrazine groups is 1. The first-order chi connectivity index (χ1) is 14.4. The lowest BCUT2D eigenvalue weighted by Crippen LogP contribution is -2.53. The molecule has 3 unspecified atom stereocenters. The van der Waals surface area contributed by atoms with Crippen LogP contribution in [0.25, 0.3) is 0 Å². The van der Waals surface area contributed by atoms with Crippen molar-refractivity contribution in [2.24, 2.45) is 5.92 Å². The van der Waals surface area contributed by atoms with Crippen LogP contribution in [0.5, 0.6) is 0 Å². The molecule has 4 N–H and O–H groups in total. The van der Waals surface area contributed by atoms with E-state index in [0.717, 1.165) is 31.4 Å². The Morgan fingerprint density at radius 3 is 2.73 bits per heavy atom. The van der Waals surface area contributed by atoms with Gasteiger partial charge in [-0.2, -0.15) is 0 Å². The molecule has 2 aromatic rings. The Morgan fingerprint density at radius 1 is 1.13 bits per heavy atom. The number of nitrogens with one attached hydrogen (secondary N) is 4. The maximum Gasteiger partial charge on any atom is 0.251 e. The molecule has 3 atom stereocenters. The molecule has 1 amide bonds. The second-order valence-electron chi connectivity index (χ2n) is 7.78. The summed E-state index contributed by atoms with van der Waals surface area (Å²) in [6.45, 7) is 1.03. The highest BCUT2D eigenvalue weighted by molar-refractivity contribution is 7.89. The molecule has 2 aromatic carbocycles. The number of hydrogen-bond acceptors (Lipinski definition) is 5. The van der Waals surface area contributed by atoms with Gasteiger partial charge in [0.25, 0.3) is 5.91 Å². The maximum atomic E-state index is 12.9. The molecule has 1 aliphatic heterocycles. The molecule has 7 nitrogen and oxygen atoms in total. The summed E-state index contributed by atoms with van der Waals surface area (Å²) < 4.78 is 28.1. The molecule has 1 saturated heterocycles. The molecule has 160 valence electrons. The van der Waals surface area contributed by atoms with Crippen molar-refractivity contribution in [3.8, 4) is 0 Å². The summed E-state index contributed by atoms with van der Waals surface area (Å²) in [7, 11) is -3.88. The summed E-state index contributed by atoms with van der Waals surface area (Å²) in [5.41, 5.74) is 7.52. The molecule has 9 heteroatoms. The first kappa shape index (κ1) is 21.3. The van der Waals surface area contributed by atoms with Crippen molar-refractivity contribution >= 4 is 27.5 Å². The van der Waals surface area contributed by atoms with Crippen LogP contribution in [-0.4, -0.2) is 33.0 Å². The van der Waals surface area contributed by atoms with Gasteiger partial charge in [0.1, 0.15) is 4.90 Å². The third kappa shape index (κ3) is 4.68. The van der Waals surface area contributed by atoms with Gasteiger partial charge in [-0.1, -0.05) is 48.4 Å². The third-order valence-electron chi connectivity index (χ3n) is 5.77. The first-order valence-corrected chi connectivity index (χ1v) is 11.9. The first-order valence-electron chi connectivity index (χ1n) is 10.1. The summed E-state index contributed by atoms with van der Waals surface area (Å²) in [6.07, 6.45) is 3.07. The molecule has 0 radical (unpaired) electrons. The molecule has 0 aromatic heterocycles. The molecule has 0 spiro atoms. The van der Waals surface area contributed by atoms with Crippen molar-refractivity contribution in [1.29, 1.82) is 0 Å². The Labute approximate surface area is 181 Å². The van der Waals surface area contributed by atoms with E-state index in [1.807, 2.05) is 30.3 Å². The molecule has 0 bridgehead atoms. The van der Waals surface area contributed by atoms with Crippen molar-refractivity contribution < 1.29 is 13.2 Å². The van der Waals surface area contributed by atoms with Crippen LogP contribution in [0.3, 0.4) is 0 Å². The highest BCUT2D eigenvalue weighted by Crippen LogP contribution is 2.27. The molecule has 30 heavy (non-hydrogen) atoms. The van der Waals surface area contributed by atoms with Crippen LogP contribution in [0.15, 0.2) is 53.4 Å². The number of rotatable bonds is 6. The Kier molecular flexibility index (Phi) is 6.40. The zero-order valence-corrected chi connectivity index (χ0v) is 18.0. The lowest BCUT2D eigenvalue weighted by atomic mass is 9.82. The second-order valence-corrected chi connectivity index (χ2v) is 9.92. The number of benzene rings is 2. The molecule has 4 rings (SSSR count). The summed E-state index contributed by atoms with van der Waals surface area (Å²) in [5.74, 6) is 0.193. The van der Waals surface area contributed by atoms with Gasteiger partial charge in [0.2, 0.25) is 10.0 Å². The van der Waals surface area contributed by atoms with Crippen LogP contribution in [0, 0.1) is 5.92 Å². The van der Waals surface area contributed by atoms with Crippen molar-refractivity contribution in [2.75, 3.05) is 6.54 Å². The number of sulfonamides is 1. The van der Waals surface area contributed by atoms with Crippen LogP contribution in [0.2, 0.25) is 5.02 Å². The van der Waals surface area contributed by atoms with Crippen molar-refractivity contribution in [3.63, 3.8) is 0 Å². The lowest BCUT2D eigenvalue weighted by molar-refractivity contribution is 0.0909. The minimum atomic E-state index is -3.88. The fraction of sp³-hybridized carbons (Fsp3) is 0.381. The van der Waals surface area contributed by atoms with Crippen molar-refractivity contribution in [2.45, 2.75) is 42.8 Å². The van der Waals surface area contributed by atoms with E-state index >= 15 is 0 Å². The fourth-order valence-corrected chi connectivity index (χ4v) is 5.70. The highest BCUT2D eigenvalue weighted by atomic mass is 35.5. The predicted octanol–water partition coefficient (Wildman–Crippen LogP) is 2.19. The minimum Gasteiger partial charge on any atom is -0.348 e. The topological polar surface area (TPSA) is 99.3 Å². The summed E-state index contributed by atoms with van der Waals surface area (Å²) in [4.78, 5) is 12.8. The Hall–Kier alpha value is -1.97. The average Bonchev–Trinajstić information content (AvgIpc) is 3.23. The van der Waals surface area contributed by atoms with Gasteiger partial charge in [0.15, 0.2) is 0 Å². The van der Waals surface area contributed by atoms with E-state index < -0.39 is 10.0 Å². The van der Waals surface area contributed by atoms with E-state index in [-0.39, 0.29) is 40.0 Å². The van der Waals surface area contributed by atoms with E-state index in [1.165, 1.54) is 12.1 Å². The van der Waals surface area contributed by atoms with Gasteiger partial charge in [-0.05, 0) is 42.5 Å². The monoisotopic (exact) mass is 448 g/mol. The van der Waals surface area contributed by atoms with E-state index in [4.69, 9.17) is 11.6 Å². The molecule has 1 aliphatic carbocycles. The van der Waals surface area contributed by atoms with E-state index in [0.29, 0.717) is 5.92 Å². The largest absolute Gasteiger partial charge is 0.348 e. The smallest absolute Gasteiger partial charge is 0.251 e. The Balaban J connectivity index is 1.48. The highest BCUT2D eigenvalue weighted by Gasteiger charge is 2.37. The van der Waals surface area contributed by atoms with Crippen LogP contribution < -0.4 is 20.9 Å². The number of halogens is 1. The molecular formula is C21H25ClN4O3S. The van der Waals surface area contributed by atoms with Gasteiger partial charge in [-0.25, -0.2) is 13.1 Å². The maximum absolute atomic E-state index is 12.9. The van der Waals surface area contributed by atoms with Crippen LogP contribution in [0.4, 0.5) is 0 Å². The van der Waals surface area contributed by atoms with Crippen LogP contribution in [-0.2, 0) is 16.6 Å². The number of amides is 1. The van der Waals surface area contributed by atoms with Crippen molar-refractivity contribution in [1.82, 2.24) is 20.9 Å². The molecule has 1 heterocycles. The predicted molar refractivity (Wildman–Crippen MR) is 115 cm³/mol. The summed E-state index contributed by atoms with van der Waals surface area (Å²) in [5, 5.41) is 3.14. The van der Waals surface area contributed by atoms with Gasteiger partial charge in [-0.3, -0.25) is 15.6 Å². The van der Waals surface area contributed by atoms with Gasteiger partial charge >= 0.3 is 0 Å². The van der Waals surface area contributed by atoms with E-state index in [9.17, 15) is 13.2 Å². The zero-order chi connectivity index (χ0) is 21.1. The molecule has 2 aliphatic rings. The van der Waals surface area contributed by atoms with Crippen molar-refractivity contribution in [3.05, 3.63) is 64.7 Å². The zero-order valence-electron chi connectivity index (χ0n) is 16.4. The van der Waals surface area contributed by atoms with Crippen LogP contribution in [0.1, 0.15) is 35.2 Å². The normalized spacial score (nSPS) is 23.7. The Morgan fingerprint density at radius 2 is 1.93 bits per heavy atom. The fourth-order valence-electron chi connectivity index (χ4n) is 4.16. The van der Waals surface area contributed by atoms with Gasteiger partial charge in [0, 0.05) is 30.7 Å². The second kappa shape index (κ2) is 9.03. The lowest BCUT2D eigenvalue weighted by Gasteiger charge is -2.33. The molecular weight excluding hydrogens is 424 g/mol. The Bertz CT molecular complexity index is 1020. The van der Waals surface area contributed by atoms with E-state index in [2.05, 4.69) is 20.9 Å². The molecule has 2 fully saturated rings. The van der Waals surface area contributed by atoms with Gasteiger partial charge < -0.3 is 5.32 Å². The standard InChI is InChI=1S/C21H25ClN4O3S/c22-17-10-9-15(21(27)25-18-8-4-7-16-13-23-26-20(16)18)11-19(17)30(28,29)24-12-14-5-2-1-3-6-14/h1-3,5-6,9-11,16,18,20,23-24,26H,4,7-8,12-13H2,(H,25,27). The number of hydrogen-bond donors (Lipinski definition) is 4. The van der Waals surface area contributed by atoms with E-state index in [1.54, 1.807) is 6.07 Å². The number of fused-ring (bicyclic) bond motifs is 1. The third-order valence-corrected chi connectivity index (χ3v) is 7.66. The minimum absolute atomic E-state index is 0.00168. The SMILES string of the molecule is O=C(NC1CCCC2CNNC21)c1ccc(Cl)c(S(=O)(=O)NCc2ccccc2)c1.